The average Bonchev–Trinajstić information content (AvgIpc) is 2.98. The van der Waals surface area contributed by atoms with E-state index in [2.05, 4.69) is 146 Å². The first-order valence-electron chi connectivity index (χ1n) is 13.2. The Morgan fingerprint density at radius 2 is 1.13 bits per heavy atom. The number of rotatable bonds is 10. The third-order valence-corrected chi connectivity index (χ3v) is 8.53. The molecule has 1 aromatic heterocycles. The zero-order chi connectivity index (χ0) is 26.2. The van der Waals surface area contributed by atoms with Crippen molar-refractivity contribution in [2.24, 2.45) is 0 Å². The molecule has 0 bridgehead atoms. The molecule has 0 amide bonds. The van der Waals surface area contributed by atoms with E-state index in [4.69, 9.17) is 4.98 Å². The summed E-state index contributed by atoms with van der Waals surface area (Å²) in [6, 6.07) is 48.0. The predicted octanol–water partition coefficient (Wildman–Crippen LogP) is 8.25. The quantitative estimate of drug-likeness (QED) is 0.138. The molecule has 1 unspecified atom stereocenters. The molecule has 190 valence electrons. The lowest BCUT2D eigenvalue weighted by molar-refractivity contribution is 0.389. The summed E-state index contributed by atoms with van der Waals surface area (Å²) in [5, 5.41) is 0. The molecule has 0 spiro atoms. The van der Waals surface area contributed by atoms with Crippen molar-refractivity contribution in [3.05, 3.63) is 168 Å². The number of thioether (sulfide) groups is 1. The van der Waals surface area contributed by atoms with Crippen molar-refractivity contribution < 1.29 is 0 Å². The molecule has 0 aliphatic rings. The largest absolute Gasteiger partial charge is 0.309 e. The summed E-state index contributed by atoms with van der Waals surface area (Å²) in [5.41, 5.74) is 6.23. The van der Waals surface area contributed by atoms with Gasteiger partial charge in [-0.15, -0.1) is 11.8 Å². The highest BCUT2D eigenvalue weighted by Gasteiger charge is 2.37. The molecule has 0 fully saturated rings. The molecule has 0 aliphatic carbocycles. The molecule has 4 aromatic carbocycles. The molecule has 0 aliphatic heterocycles. The van der Waals surface area contributed by atoms with Crippen LogP contribution in [0.1, 0.15) is 40.3 Å². The minimum Gasteiger partial charge on any atom is -0.309 e. The molecule has 0 radical (unpaired) electrons. The van der Waals surface area contributed by atoms with Crippen LogP contribution in [0.3, 0.4) is 0 Å². The lowest BCUT2D eigenvalue weighted by Gasteiger charge is -2.35. The predicted molar refractivity (Wildman–Crippen MR) is 161 cm³/mol. The molecular weight excluding hydrogens is 480 g/mol. The minimum absolute atomic E-state index is 0.264. The fraction of sp³-hybridized carbons (Fsp3) is 0.171. The number of hydrogen-bond donors (Lipinski definition) is 0. The van der Waals surface area contributed by atoms with Crippen molar-refractivity contribution in [1.29, 1.82) is 0 Å². The van der Waals surface area contributed by atoms with E-state index in [0.29, 0.717) is 0 Å². The molecule has 38 heavy (non-hydrogen) atoms. The van der Waals surface area contributed by atoms with Crippen molar-refractivity contribution in [1.82, 2.24) is 9.88 Å². The highest BCUT2D eigenvalue weighted by molar-refractivity contribution is 8.00. The molecule has 0 saturated carbocycles. The highest BCUT2D eigenvalue weighted by Crippen LogP contribution is 2.51. The van der Waals surface area contributed by atoms with Gasteiger partial charge in [-0.2, -0.15) is 0 Å². The Morgan fingerprint density at radius 1 is 0.632 bits per heavy atom. The van der Waals surface area contributed by atoms with Gasteiger partial charge in [0.05, 0.1) is 4.75 Å². The van der Waals surface area contributed by atoms with Gasteiger partial charge in [0.2, 0.25) is 0 Å². The standard InChI is InChI=1S/C35H34N2S/c1-37(2)27-25-33(34-20-12-13-26-36-34)28-21-23-32(24-22-28)38-35(29-14-6-3-7-15-29,30-16-8-4-9-17-30)31-18-10-5-11-19-31/h3-24,26,33H,25,27H2,1-2H3. The molecule has 1 atom stereocenters. The van der Waals surface area contributed by atoms with Crippen molar-refractivity contribution in [2.75, 3.05) is 20.6 Å². The molecule has 5 aromatic rings. The van der Waals surface area contributed by atoms with Crippen LogP contribution in [-0.2, 0) is 4.75 Å². The van der Waals surface area contributed by atoms with Gasteiger partial charge in [0, 0.05) is 22.7 Å². The second-order valence-corrected chi connectivity index (χ2v) is 11.1. The van der Waals surface area contributed by atoms with Gasteiger partial charge in [-0.05, 0) is 73.6 Å². The van der Waals surface area contributed by atoms with Gasteiger partial charge in [-0.3, -0.25) is 4.98 Å². The number of nitrogens with zero attached hydrogens (tertiary/aromatic N) is 2. The fourth-order valence-corrected chi connectivity index (χ4v) is 6.48. The van der Waals surface area contributed by atoms with Crippen LogP contribution in [0.2, 0.25) is 0 Å². The van der Waals surface area contributed by atoms with E-state index < -0.39 is 0 Å². The molecule has 0 N–H and O–H groups in total. The van der Waals surface area contributed by atoms with Gasteiger partial charge < -0.3 is 4.90 Å². The van der Waals surface area contributed by atoms with Crippen molar-refractivity contribution in [3.8, 4) is 0 Å². The molecular formula is C35H34N2S. The summed E-state index contributed by atoms with van der Waals surface area (Å²) in [6.07, 6.45) is 2.93. The topological polar surface area (TPSA) is 16.1 Å². The van der Waals surface area contributed by atoms with Gasteiger partial charge in [0.15, 0.2) is 0 Å². The Labute approximate surface area is 231 Å². The lowest BCUT2D eigenvalue weighted by Crippen LogP contribution is -2.25. The van der Waals surface area contributed by atoms with Crippen LogP contribution < -0.4 is 0 Å². The van der Waals surface area contributed by atoms with Gasteiger partial charge >= 0.3 is 0 Å². The van der Waals surface area contributed by atoms with E-state index in [-0.39, 0.29) is 10.7 Å². The van der Waals surface area contributed by atoms with Crippen LogP contribution in [0.25, 0.3) is 0 Å². The lowest BCUT2D eigenvalue weighted by atomic mass is 9.84. The summed E-state index contributed by atoms with van der Waals surface area (Å²) in [5.74, 6) is 0.264. The van der Waals surface area contributed by atoms with E-state index in [9.17, 15) is 0 Å². The second-order valence-electron chi connectivity index (χ2n) is 9.85. The number of hydrogen-bond acceptors (Lipinski definition) is 3. The number of pyridine rings is 1. The SMILES string of the molecule is CN(C)CCC(c1ccc(SC(c2ccccc2)(c2ccccc2)c2ccccc2)cc1)c1ccccn1. The van der Waals surface area contributed by atoms with Crippen LogP contribution in [0.15, 0.2) is 145 Å². The number of benzene rings is 4. The van der Waals surface area contributed by atoms with Crippen LogP contribution in [0.4, 0.5) is 0 Å². The molecule has 3 heteroatoms. The molecule has 5 rings (SSSR count). The van der Waals surface area contributed by atoms with Gasteiger partial charge in [-0.1, -0.05) is 109 Å². The fourth-order valence-electron chi connectivity index (χ4n) is 5.10. The minimum atomic E-state index is -0.378. The Balaban J connectivity index is 1.56. The summed E-state index contributed by atoms with van der Waals surface area (Å²) in [4.78, 5) is 8.19. The van der Waals surface area contributed by atoms with Gasteiger partial charge in [0.1, 0.15) is 0 Å². The highest BCUT2D eigenvalue weighted by atomic mass is 32.2. The molecule has 1 heterocycles. The van der Waals surface area contributed by atoms with Crippen molar-refractivity contribution >= 4 is 11.8 Å². The van der Waals surface area contributed by atoms with Gasteiger partial charge in [0.25, 0.3) is 0 Å². The van der Waals surface area contributed by atoms with Gasteiger partial charge in [-0.25, -0.2) is 0 Å². The third kappa shape index (κ3) is 5.75. The first-order valence-corrected chi connectivity index (χ1v) is 14.0. The van der Waals surface area contributed by atoms with E-state index in [1.165, 1.54) is 27.1 Å². The third-order valence-electron chi connectivity index (χ3n) is 7.00. The summed E-state index contributed by atoms with van der Waals surface area (Å²) >= 11 is 1.91. The average molecular weight is 515 g/mol. The summed E-state index contributed by atoms with van der Waals surface area (Å²) in [6.45, 7) is 1.01. The Kier molecular flexibility index (Phi) is 8.37. The smallest absolute Gasteiger partial charge is 0.0954 e. The van der Waals surface area contributed by atoms with Crippen molar-refractivity contribution in [2.45, 2.75) is 22.0 Å². The Bertz CT molecular complexity index is 1290. The van der Waals surface area contributed by atoms with E-state index >= 15 is 0 Å². The maximum atomic E-state index is 4.71. The summed E-state index contributed by atoms with van der Waals surface area (Å²) < 4.78 is -0.378. The molecule has 2 nitrogen and oxygen atoms in total. The monoisotopic (exact) mass is 514 g/mol. The van der Waals surface area contributed by atoms with Crippen molar-refractivity contribution in [3.63, 3.8) is 0 Å². The maximum absolute atomic E-state index is 4.71. The Hall–Kier alpha value is -3.66. The first kappa shape index (κ1) is 26.0. The summed E-state index contributed by atoms with van der Waals surface area (Å²) in [7, 11) is 4.26. The maximum Gasteiger partial charge on any atom is 0.0954 e. The molecule has 0 saturated heterocycles. The Morgan fingerprint density at radius 3 is 1.58 bits per heavy atom. The number of aromatic nitrogens is 1. The van der Waals surface area contributed by atoms with Crippen LogP contribution in [0, 0.1) is 0 Å². The first-order chi connectivity index (χ1) is 18.7. The van der Waals surface area contributed by atoms with E-state index in [1.54, 1.807) is 0 Å². The normalized spacial score (nSPS) is 12.4. The van der Waals surface area contributed by atoms with Crippen LogP contribution in [-0.4, -0.2) is 30.5 Å². The zero-order valence-corrected chi connectivity index (χ0v) is 22.9. The second kappa shape index (κ2) is 12.3. The van der Waals surface area contributed by atoms with E-state index in [1.807, 2.05) is 24.0 Å². The van der Waals surface area contributed by atoms with Crippen LogP contribution in [0.5, 0.6) is 0 Å². The van der Waals surface area contributed by atoms with E-state index in [0.717, 1.165) is 18.7 Å². The zero-order valence-electron chi connectivity index (χ0n) is 22.1. The van der Waals surface area contributed by atoms with Crippen LogP contribution >= 0.6 is 11.8 Å².